The highest BCUT2D eigenvalue weighted by molar-refractivity contribution is 6.39. The standard InChI is InChI=1S/C26H17ClF3N5O6/c27-18-12-15(31-25(38)33-23(36)17-8-4-5-9-20(17)35(39)40)10-11-21(18)41-24(37)19-13-34(16-6-2-1-3-7-16)14-22(32-19)26(28,29)30/h1-12,14H,13H2,(H2,31,33,36,38). The Kier molecular flexibility index (Phi) is 8.33. The van der Waals surface area contributed by atoms with Crippen LogP contribution in [0.25, 0.3) is 0 Å². The predicted molar refractivity (Wildman–Crippen MR) is 142 cm³/mol. The van der Waals surface area contributed by atoms with E-state index in [1.54, 1.807) is 30.3 Å². The molecule has 0 saturated carbocycles. The summed E-state index contributed by atoms with van der Waals surface area (Å²) in [6.07, 6.45) is -4.05. The zero-order valence-electron chi connectivity index (χ0n) is 20.5. The van der Waals surface area contributed by atoms with Crippen molar-refractivity contribution in [2.75, 3.05) is 16.8 Å². The number of anilines is 2. The summed E-state index contributed by atoms with van der Waals surface area (Å²) in [7, 11) is 0. The number of carbonyl (C=O) groups excluding carboxylic acids is 3. The van der Waals surface area contributed by atoms with Crippen LogP contribution in [0.4, 0.5) is 35.0 Å². The van der Waals surface area contributed by atoms with Crippen LogP contribution in [0, 0.1) is 10.1 Å². The monoisotopic (exact) mass is 587 g/mol. The van der Waals surface area contributed by atoms with Crippen molar-refractivity contribution in [3.63, 3.8) is 0 Å². The van der Waals surface area contributed by atoms with Crippen LogP contribution in [-0.4, -0.2) is 41.3 Å². The molecule has 0 bridgehead atoms. The van der Waals surface area contributed by atoms with Gasteiger partial charge in [0, 0.05) is 23.6 Å². The largest absolute Gasteiger partial charge is 0.434 e. The van der Waals surface area contributed by atoms with E-state index in [0.29, 0.717) is 5.69 Å². The number of urea groups is 1. The molecular weight excluding hydrogens is 571 g/mol. The number of esters is 1. The van der Waals surface area contributed by atoms with Gasteiger partial charge in [-0.2, -0.15) is 13.2 Å². The van der Waals surface area contributed by atoms with Crippen molar-refractivity contribution in [2.45, 2.75) is 6.18 Å². The maximum atomic E-state index is 13.5. The van der Waals surface area contributed by atoms with Gasteiger partial charge in [-0.25, -0.2) is 14.6 Å². The lowest BCUT2D eigenvalue weighted by Gasteiger charge is -2.26. The van der Waals surface area contributed by atoms with Crippen LogP contribution in [0.5, 0.6) is 5.75 Å². The molecule has 0 unspecified atom stereocenters. The van der Waals surface area contributed by atoms with E-state index < -0.39 is 46.1 Å². The van der Waals surface area contributed by atoms with Gasteiger partial charge in [-0.15, -0.1) is 0 Å². The van der Waals surface area contributed by atoms with E-state index in [1.165, 1.54) is 35.2 Å². The Labute approximate surface area is 234 Å². The molecule has 1 aliphatic rings. The fraction of sp³-hybridized carbons (Fsp3) is 0.0769. The average Bonchev–Trinajstić information content (AvgIpc) is 2.94. The molecule has 0 aliphatic carbocycles. The van der Waals surface area contributed by atoms with E-state index >= 15 is 0 Å². The Balaban J connectivity index is 1.44. The molecule has 0 aromatic heterocycles. The number of alkyl halides is 3. The topological polar surface area (TPSA) is 143 Å². The molecule has 0 spiro atoms. The Morgan fingerprint density at radius 3 is 2.37 bits per heavy atom. The Bertz CT molecular complexity index is 1590. The summed E-state index contributed by atoms with van der Waals surface area (Å²) in [4.78, 5) is 52.3. The quantitative estimate of drug-likeness (QED) is 0.168. The van der Waals surface area contributed by atoms with Crippen LogP contribution in [0.2, 0.25) is 5.02 Å². The number of halogens is 4. The third kappa shape index (κ3) is 7.05. The second kappa shape index (κ2) is 11.9. The van der Waals surface area contributed by atoms with E-state index in [0.717, 1.165) is 18.3 Å². The summed E-state index contributed by atoms with van der Waals surface area (Å²) in [5.74, 6) is -2.46. The molecule has 3 amide bonds. The number of imide groups is 1. The third-order valence-electron chi connectivity index (χ3n) is 5.43. The summed E-state index contributed by atoms with van der Waals surface area (Å²) in [5, 5.41) is 15.1. The Morgan fingerprint density at radius 2 is 1.71 bits per heavy atom. The van der Waals surface area contributed by atoms with Gasteiger partial charge in [-0.05, 0) is 36.4 Å². The van der Waals surface area contributed by atoms with Crippen molar-refractivity contribution in [1.29, 1.82) is 0 Å². The molecule has 0 fully saturated rings. The molecule has 41 heavy (non-hydrogen) atoms. The van der Waals surface area contributed by atoms with Gasteiger partial charge in [0.2, 0.25) is 0 Å². The molecule has 3 aromatic carbocycles. The summed E-state index contributed by atoms with van der Waals surface area (Å²) >= 11 is 6.15. The summed E-state index contributed by atoms with van der Waals surface area (Å²) in [5.41, 5.74) is -2.24. The van der Waals surface area contributed by atoms with Crippen LogP contribution in [-0.2, 0) is 4.79 Å². The minimum Gasteiger partial charge on any atom is -0.420 e. The Morgan fingerprint density at radius 1 is 1.02 bits per heavy atom. The van der Waals surface area contributed by atoms with Gasteiger partial charge in [0.1, 0.15) is 17.0 Å². The molecule has 3 aromatic rings. The van der Waals surface area contributed by atoms with Crippen molar-refractivity contribution in [3.8, 4) is 5.75 Å². The number of benzene rings is 3. The lowest BCUT2D eigenvalue weighted by molar-refractivity contribution is -0.385. The Hall–Kier alpha value is -5.24. The number of ether oxygens (including phenoxy) is 1. The molecule has 0 atom stereocenters. The second-order valence-electron chi connectivity index (χ2n) is 8.25. The molecular formula is C26H17ClF3N5O6. The number of para-hydroxylation sites is 2. The molecule has 210 valence electrons. The highest BCUT2D eigenvalue weighted by Gasteiger charge is 2.38. The maximum absolute atomic E-state index is 13.5. The lowest BCUT2D eigenvalue weighted by Crippen LogP contribution is -2.37. The number of hydrogen-bond acceptors (Lipinski definition) is 8. The highest BCUT2D eigenvalue weighted by atomic mass is 35.5. The highest BCUT2D eigenvalue weighted by Crippen LogP contribution is 2.32. The van der Waals surface area contributed by atoms with Gasteiger partial charge < -0.3 is 15.0 Å². The smallest absolute Gasteiger partial charge is 0.420 e. The normalized spacial score (nSPS) is 13.0. The number of carbonyl (C=O) groups is 3. The molecule has 1 aliphatic heterocycles. The van der Waals surface area contributed by atoms with Crippen LogP contribution in [0.3, 0.4) is 0 Å². The van der Waals surface area contributed by atoms with E-state index in [1.807, 2.05) is 5.32 Å². The number of amides is 3. The van der Waals surface area contributed by atoms with Crippen molar-refractivity contribution >= 4 is 52.3 Å². The first-order chi connectivity index (χ1) is 19.4. The van der Waals surface area contributed by atoms with E-state index in [2.05, 4.69) is 10.3 Å². The minimum absolute atomic E-state index is 0.0372. The lowest BCUT2D eigenvalue weighted by atomic mass is 10.1. The number of nitro groups is 1. The van der Waals surface area contributed by atoms with E-state index in [-0.39, 0.29) is 28.6 Å². The molecule has 2 N–H and O–H groups in total. The zero-order valence-corrected chi connectivity index (χ0v) is 21.3. The summed E-state index contributed by atoms with van der Waals surface area (Å²) in [6, 6.07) is 15.6. The van der Waals surface area contributed by atoms with Gasteiger partial charge in [0.05, 0.1) is 16.5 Å². The second-order valence-corrected chi connectivity index (χ2v) is 8.66. The fourth-order valence-corrected chi connectivity index (χ4v) is 3.79. The van der Waals surface area contributed by atoms with Crippen LogP contribution in [0.15, 0.2) is 89.7 Å². The predicted octanol–water partition coefficient (Wildman–Crippen LogP) is 5.48. The van der Waals surface area contributed by atoms with Gasteiger partial charge >= 0.3 is 18.2 Å². The van der Waals surface area contributed by atoms with Crippen molar-refractivity contribution in [1.82, 2.24) is 5.32 Å². The number of hydrogen-bond donors (Lipinski definition) is 2. The number of nitro benzene ring substituents is 1. The minimum atomic E-state index is -4.84. The molecule has 11 nitrogen and oxygen atoms in total. The van der Waals surface area contributed by atoms with E-state index in [9.17, 15) is 37.7 Å². The number of nitrogens with zero attached hydrogens (tertiary/aromatic N) is 3. The average molecular weight is 588 g/mol. The molecule has 0 saturated heterocycles. The van der Waals surface area contributed by atoms with Crippen LogP contribution < -0.4 is 20.3 Å². The molecule has 1 heterocycles. The fourth-order valence-electron chi connectivity index (χ4n) is 3.57. The zero-order chi connectivity index (χ0) is 29.7. The SMILES string of the molecule is O=C(NC(=O)c1ccccc1[N+](=O)[O-])Nc1ccc(OC(=O)C2=NC(C(F)(F)F)=CN(c3ccccc3)C2)c(Cl)c1. The molecule has 0 radical (unpaired) electrons. The number of allylic oxidation sites excluding steroid dienone is 1. The van der Waals surface area contributed by atoms with Gasteiger partial charge in [0.25, 0.3) is 11.6 Å². The number of nitrogens with one attached hydrogen (secondary N) is 2. The number of rotatable bonds is 6. The van der Waals surface area contributed by atoms with Crippen molar-refractivity contribution in [2.24, 2.45) is 4.99 Å². The first-order valence-electron chi connectivity index (χ1n) is 11.5. The van der Waals surface area contributed by atoms with Crippen molar-refractivity contribution < 1.29 is 37.2 Å². The first kappa shape index (κ1) is 28.8. The van der Waals surface area contributed by atoms with Gasteiger partial charge in [-0.1, -0.05) is 41.9 Å². The summed E-state index contributed by atoms with van der Waals surface area (Å²) in [6.45, 7) is -0.312. The van der Waals surface area contributed by atoms with Crippen molar-refractivity contribution in [3.05, 3.63) is 105 Å². The van der Waals surface area contributed by atoms with Crippen LogP contribution >= 0.6 is 11.6 Å². The van der Waals surface area contributed by atoms with Gasteiger partial charge in [-0.3, -0.25) is 20.2 Å². The summed E-state index contributed by atoms with van der Waals surface area (Å²) < 4.78 is 45.6. The van der Waals surface area contributed by atoms with Gasteiger partial charge in [0.15, 0.2) is 5.70 Å². The van der Waals surface area contributed by atoms with E-state index in [4.69, 9.17) is 16.3 Å². The first-order valence-corrected chi connectivity index (χ1v) is 11.9. The maximum Gasteiger partial charge on any atom is 0.434 e. The van der Waals surface area contributed by atoms with Crippen LogP contribution in [0.1, 0.15) is 10.4 Å². The third-order valence-corrected chi connectivity index (χ3v) is 5.73. The molecule has 15 heteroatoms. The number of aliphatic imine (C=N–C) groups is 1. The molecule has 4 rings (SSSR count).